The van der Waals surface area contributed by atoms with Gasteiger partial charge in [0, 0.05) is 19.2 Å². The van der Waals surface area contributed by atoms with Gasteiger partial charge in [0.25, 0.3) is 11.6 Å². The second-order valence-corrected chi connectivity index (χ2v) is 6.61. The second kappa shape index (κ2) is 7.28. The summed E-state index contributed by atoms with van der Waals surface area (Å²) in [6.45, 7) is 5.44. The van der Waals surface area contributed by atoms with Crippen molar-refractivity contribution in [1.29, 1.82) is 0 Å². The molecule has 9 heteroatoms. The molecule has 1 fully saturated rings. The van der Waals surface area contributed by atoms with Gasteiger partial charge in [0.15, 0.2) is 11.9 Å². The maximum Gasteiger partial charge on any atom is 0.273 e. The summed E-state index contributed by atoms with van der Waals surface area (Å²) in [6.07, 6.45) is -0.790. The van der Waals surface area contributed by atoms with E-state index in [-0.39, 0.29) is 35.7 Å². The van der Waals surface area contributed by atoms with Gasteiger partial charge < -0.3 is 14.4 Å². The molecule has 0 N–H and O–H groups in total. The Kier molecular flexibility index (Phi) is 5.08. The largest absolute Gasteiger partial charge is 0.478 e. The minimum absolute atomic E-state index is 0.125. The monoisotopic (exact) mass is 363 g/mol. The Balaban J connectivity index is 1.90. The van der Waals surface area contributed by atoms with Crippen LogP contribution in [0.25, 0.3) is 0 Å². The van der Waals surface area contributed by atoms with E-state index in [1.807, 2.05) is 13.8 Å². The lowest BCUT2D eigenvalue weighted by Gasteiger charge is -2.37. The molecule has 0 radical (unpaired) electrons. The van der Waals surface area contributed by atoms with Gasteiger partial charge >= 0.3 is 0 Å². The molecule has 1 aromatic rings. The molecule has 2 aliphatic rings. The first kappa shape index (κ1) is 18.1. The van der Waals surface area contributed by atoms with Gasteiger partial charge in [-0.1, -0.05) is 13.8 Å². The summed E-state index contributed by atoms with van der Waals surface area (Å²) in [5, 5.41) is 11.0. The topological polar surface area (TPSA) is 102 Å². The van der Waals surface area contributed by atoms with Gasteiger partial charge in [-0.2, -0.15) is 0 Å². The lowest BCUT2D eigenvalue weighted by Crippen LogP contribution is -2.53. The average Bonchev–Trinajstić information content (AvgIpc) is 2.63. The van der Waals surface area contributed by atoms with E-state index in [9.17, 15) is 19.7 Å². The molecular weight excluding hydrogens is 342 g/mol. The van der Waals surface area contributed by atoms with Gasteiger partial charge in [0.2, 0.25) is 5.91 Å². The first-order valence-corrected chi connectivity index (χ1v) is 8.50. The Bertz CT molecular complexity index is 729. The number of hydrogen-bond acceptors (Lipinski definition) is 6. The fraction of sp³-hybridized carbons (Fsp3) is 0.529. The van der Waals surface area contributed by atoms with E-state index in [1.165, 1.54) is 23.1 Å². The van der Waals surface area contributed by atoms with Crippen LogP contribution in [-0.2, 0) is 14.3 Å². The summed E-state index contributed by atoms with van der Waals surface area (Å²) in [7, 11) is 0. The molecule has 0 aromatic heterocycles. The zero-order valence-corrected chi connectivity index (χ0v) is 14.7. The summed E-state index contributed by atoms with van der Waals surface area (Å²) in [4.78, 5) is 39.0. The molecule has 26 heavy (non-hydrogen) atoms. The van der Waals surface area contributed by atoms with Gasteiger partial charge in [-0.15, -0.1) is 0 Å². The number of nitro benzene ring substituents is 1. The van der Waals surface area contributed by atoms with Crippen molar-refractivity contribution in [2.24, 2.45) is 5.92 Å². The minimum Gasteiger partial charge on any atom is -0.478 e. The van der Waals surface area contributed by atoms with Gasteiger partial charge in [-0.3, -0.25) is 24.6 Å². The van der Waals surface area contributed by atoms with E-state index in [4.69, 9.17) is 9.47 Å². The molecule has 0 saturated carbocycles. The third-order valence-electron chi connectivity index (χ3n) is 4.47. The number of amides is 2. The zero-order valence-electron chi connectivity index (χ0n) is 14.7. The number of hydrogen-bond donors (Lipinski definition) is 0. The first-order valence-electron chi connectivity index (χ1n) is 8.50. The van der Waals surface area contributed by atoms with Crippen molar-refractivity contribution in [3.63, 3.8) is 0 Å². The number of fused-ring (bicyclic) bond motifs is 1. The van der Waals surface area contributed by atoms with Crippen molar-refractivity contribution in [2.75, 3.05) is 37.7 Å². The lowest BCUT2D eigenvalue weighted by molar-refractivity contribution is -0.384. The van der Waals surface area contributed by atoms with Crippen LogP contribution in [0.3, 0.4) is 0 Å². The molecule has 9 nitrogen and oxygen atoms in total. The summed E-state index contributed by atoms with van der Waals surface area (Å²) < 4.78 is 11.0. The van der Waals surface area contributed by atoms with E-state index >= 15 is 0 Å². The molecule has 2 heterocycles. The molecule has 1 saturated heterocycles. The molecule has 0 bridgehead atoms. The number of rotatable bonds is 4. The number of nitro groups is 1. The van der Waals surface area contributed by atoms with Crippen LogP contribution in [0, 0.1) is 16.0 Å². The number of ether oxygens (including phenoxy) is 2. The molecule has 140 valence electrons. The summed E-state index contributed by atoms with van der Waals surface area (Å²) >= 11 is 0. The molecule has 1 atom stereocenters. The predicted octanol–water partition coefficient (Wildman–Crippen LogP) is 1.20. The Hall–Kier alpha value is -2.68. The highest BCUT2D eigenvalue weighted by Crippen LogP contribution is 2.38. The highest BCUT2D eigenvalue weighted by Gasteiger charge is 2.38. The highest BCUT2D eigenvalue weighted by atomic mass is 16.6. The van der Waals surface area contributed by atoms with Crippen molar-refractivity contribution < 1.29 is 24.0 Å². The van der Waals surface area contributed by atoms with E-state index in [2.05, 4.69) is 0 Å². The summed E-state index contributed by atoms with van der Waals surface area (Å²) in [6, 6.07) is 4.05. The Morgan fingerprint density at radius 3 is 2.65 bits per heavy atom. The number of carbonyl (C=O) groups excluding carboxylic acids is 2. The normalized spacial score (nSPS) is 20.0. The molecule has 0 spiro atoms. The molecule has 2 aliphatic heterocycles. The SMILES string of the molecule is CC(C)C1Oc2cc([N+](=O)[O-])ccc2N(CC(=O)N2CCOCC2)C1=O. The molecule has 0 aliphatic carbocycles. The number of nitrogens with zero attached hydrogens (tertiary/aromatic N) is 3. The number of benzene rings is 1. The number of carbonyl (C=O) groups is 2. The van der Waals surface area contributed by atoms with Crippen LogP contribution < -0.4 is 9.64 Å². The van der Waals surface area contributed by atoms with Crippen molar-refractivity contribution in [3.8, 4) is 5.75 Å². The molecule has 1 unspecified atom stereocenters. The predicted molar refractivity (Wildman–Crippen MR) is 92.1 cm³/mol. The van der Waals surface area contributed by atoms with Crippen LogP contribution in [-0.4, -0.2) is 60.6 Å². The first-order chi connectivity index (χ1) is 12.4. The zero-order chi connectivity index (χ0) is 18.8. The van der Waals surface area contributed by atoms with Gasteiger partial charge in [-0.05, 0) is 12.0 Å². The van der Waals surface area contributed by atoms with Crippen LogP contribution in [0.2, 0.25) is 0 Å². The van der Waals surface area contributed by atoms with E-state index in [0.29, 0.717) is 32.0 Å². The maximum atomic E-state index is 12.8. The van der Waals surface area contributed by atoms with E-state index in [0.717, 1.165) is 0 Å². The van der Waals surface area contributed by atoms with Gasteiger partial charge in [0.05, 0.1) is 29.9 Å². The Labute approximate surface area is 150 Å². The average molecular weight is 363 g/mol. The molecular formula is C17H21N3O6. The quantitative estimate of drug-likeness (QED) is 0.588. The maximum absolute atomic E-state index is 12.8. The number of non-ortho nitro benzene ring substituents is 1. The second-order valence-electron chi connectivity index (χ2n) is 6.61. The molecule has 1 aromatic carbocycles. The van der Waals surface area contributed by atoms with E-state index in [1.54, 1.807) is 4.90 Å². The van der Waals surface area contributed by atoms with Crippen LogP contribution >= 0.6 is 0 Å². The Morgan fingerprint density at radius 1 is 1.35 bits per heavy atom. The van der Waals surface area contributed by atoms with Crippen LogP contribution in [0.15, 0.2) is 18.2 Å². The lowest BCUT2D eigenvalue weighted by atomic mass is 10.0. The third kappa shape index (κ3) is 3.48. The van der Waals surface area contributed by atoms with Crippen LogP contribution in [0.4, 0.5) is 11.4 Å². The van der Waals surface area contributed by atoms with Crippen molar-refractivity contribution in [2.45, 2.75) is 20.0 Å². The third-order valence-corrected chi connectivity index (χ3v) is 4.47. The Morgan fingerprint density at radius 2 is 2.04 bits per heavy atom. The minimum atomic E-state index is -0.790. The highest BCUT2D eigenvalue weighted by molar-refractivity contribution is 6.04. The fourth-order valence-electron chi connectivity index (χ4n) is 3.03. The number of morpholine rings is 1. The molecule has 3 rings (SSSR count). The van der Waals surface area contributed by atoms with Crippen molar-refractivity contribution in [1.82, 2.24) is 4.90 Å². The van der Waals surface area contributed by atoms with Gasteiger partial charge in [-0.25, -0.2) is 0 Å². The fourth-order valence-corrected chi connectivity index (χ4v) is 3.03. The van der Waals surface area contributed by atoms with Crippen molar-refractivity contribution in [3.05, 3.63) is 28.3 Å². The van der Waals surface area contributed by atoms with Crippen LogP contribution in [0.1, 0.15) is 13.8 Å². The number of anilines is 1. The molecule has 2 amide bonds. The summed E-state index contributed by atoms with van der Waals surface area (Å²) in [5.74, 6) is -0.401. The van der Waals surface area contributed by atoms with Gasteiger partial charge in [0.1, 0.15) is 6.54 Å². The smallest absolute Gasteiger partial charge is 0.273 e. The van der Waals surface area contributed by atoms with E-state index < -0.39 is 11.0 Å². The summed E-state index contributed by atoms with van der Waals surface area (Å²) in [5.41, 5.74) is 0.249. The van der Waals surface area contributed by atoms with Crippen LogP contribution in [0.5, 0.6) is 5.75 Å². The standard InChI is InChI=1S/C17H21N3O6/c1-11(2)16-17(22)19(10-15(21)18-5-7-25-8-6-18)13-4-3-12(20(23)24)9-14(13)26-16/h3-4,9,11,16H,5-8,10H2,1-2H3. The van der Waals surface area contributed by atoms with Crippen molar-refractivity contribution >= 4 is 23.2 Å².